The lowest BCUT2D eigenvalue weighted by molar-refractivity contribution is 0.0946. The van der Waals surface area contributed by atoms with Gasteiger partial charge in [-0.15, -0.1) is 11.3 Å². The molecule has 2 aromatic heterocycles. The van der Waals surface area contributed by atoms with Crippen LogP contribution < -0.4 is 5.32 Å². The molecule has 1 N–H and O–H groups in total. The number of carbonyl (C=O) groups excluding carboxylic acids is 1. The number of fused-ring (bicyclic) bond motifs is 1. The van der Waals surface area contributed by atoms with Crippen molar-refractivity contribution in [1.82, 2.24) is 19.9 Å². The number of aryl methyl sites for hydroxylation is 2. The number of aromatic nitrogens is 3. The van der Waals surface area contributed by atoms with Crippen LogP contribution in [0.15, 0.2) is 11.6 Å². The summed E-state index contributed by atoms with van der Waals surface area (Å²) >= 11 is 1.59. The Kier molecular flexibility index (Phi) is 4.05. The van der Waals surface area contributed by atoms with E-state index in [1.807, 2.05) is 6.20 Å². The average molecular weight is 304 g/mol. The first-order chi connectivity index (χ1) is 10.1. The molecule has 0 saturated heterocycles. The van der Waals surface area contributed by atoms with E-state index in [9.17, 15) is 4.79 Å². The van der Waals surface area contributed by atoms with Gasteiger partial charge in [-0.05, 0) is 18.8 Å². The van der Waals surface area contributed by atoms with Gasteiger partial charge in [0.1, 0.15) is 16.5 Å². The van der Waals surface area contributed by atoms with Crippen LogP contribution in [0.3, 0.4) is 0 Å². The van der Waals surface area contributed by atoms with Gasteiger partial charge in [-0.2, -0.15) is 0 Å². The molecule has 1 aliphatic rings. The highest BCUT2D eigenvalue weighted by molar-refractivity contribution is 7.09. The molecule has 0 fully saturated rings. The quantitative estimate of drug-likeness (QED) is 0.945. The Bertz CT molecular complexity index is 620. The van der Waals surface area contributed by atoms with Crippen LogP contribution in [0.5, 0.6) is 0 Å². The van der Waals surface area contributed by atoms with Crippen LogP contribution in [0.25, 0.3) is 0 Å². The molecule has 0 unspecified atom stereocenters. The summed E-state index contributed by atoms with van der Waals surface area (Å²) in [6.07, 6.45) is 5.17. The molecule has 1 amide bonds. The van der Waals surface area contributed by atoms with Crippen molar-refractivity contribution in [3.05, 3.63) is 33.8 Å². The number of nitrogens with one attached hydrogen (secondary N) is 1. The number of rotatable bonds is 4. The highest BCUT2D eigenvalue weighted by Crippen LogP contribution is 2.18. The molecule has 0 spiro atoms. The Labute approximate surface area is 128 Å². The van der Waals surface area contributed by atoms with Gasteiger partial charge in [0, 0.05) is 24.5 Å². The monoisotopic (exact) mass is 304 g/mol. The molecule has 112 valence electrons. The number of imidazole rings is 1. The normalized spacial score (nSPS) is 14.2. The van der Waals surface area contributed by atoms with E-state index in [0.29, 0.717) is 18.2 Å². The lowest BCUT2D eigenvalue weighted by Crippen LogP contribution is -2.23. The van der Waals surface area contributed by atoms with Crippen LogP contribution in [0.4, 0.5) is 0 Å². The molecule has 21 heavy (non-hydrogen) atoms. The maximum Gasteiger partial charge on any atom is 0.271 e. The van der Waals surface area contributed by atoms with Crippen LogP contribution in [0.1, 0.15) is 59.6 Å². The molecule has 0 atom stereocenters. The predicted molar refractivity (Wildman–Crippen MR) is 82.5 cm³/mol. The molecule has 0 saturated carbocycles. The van der Waals surface area contributed by atoms with E-state index in [0.717, 1.165) is 35.9 Å². The van der Waals surface area contributed by atoms with E-state index < -0.39 is 0 Å². The Balaban J connectivity index is 1.62. The minimum atomic E-state index is -0.113. The van der Waals surface area contributed by atoms with E-state index in [1.165, 1.54) is 6.42 Å². The fraction of sp³-hybridized carbons (Fsp3) is 0.533. The van der Waals surface area contributed by atoms with Crippen LogP contribution in [-0.2, 0) is 19.5 Å². The lowest BCUT2D eigenvalue weighted by Gasteiger charge is -2.11. The van der Waals surface area contributed by atoms with Gasteiger partial charge in [-0.3, -0.25) is 4.79 Å². The molecule has 6 heteroatoms. The SMILES string of the molecule is CC(C)c1csc(CNC(=O)c2cn3c(n2)CCCC3)n1. The third-order valence-corrected chi connectivity index (χ3v) is 4.57. The van der Waals surface area contributed by atoms with E-state index in [1.54, 1.807) is 11.3 Å². The molecular weight excluding hydrogens is 284 g/mol. The molecule has 0 aliphatic carbocycles. The number of carbonyl (C=O) groups is 1. The zero-order valence-electron chi connectivity index (χ0n) is 12.4. The maximum absolute atomic E-state index is 12.2. The topological polar surface area (TPSA) is 59.8 Å². The number of nitrogens with zero attached hydrogens (tertiary/aromatic N) is 3. The van der Waals surface area contributed by atoms with Gasteiger partial charge in [0.2, 0.25) is 0 Å². The summed E-state index contributed by atoms with van der Waals surface area (Å²) in [5, 5.41) is 5.91. The van der Waals surface area contributed by atoms with E-state index in [-0.39, 0.29) is 5.91 Å². The summed E-state index contributed by atoms with van der Waals surface area (Å²) in [6, 6.07) is 0. The Morgan fingerprint density at radius 3 is 3.00 bits per heavy atom. The number of hydrogen-bond acceptors (Lipinski definition) is 4. The van der Waals surface area contributed by atoms with Crippen molar-refractivity contribution in [3.63, 3.8) is 0 Å². The summed E-state index contributed by atoms with van der Waals surface area (Å²) < 4.78 is 2.10. The van der Waals surface area contributed by atoms with Crippen molar-refractivity contribution in [3.8, 4) is 0 Å². The molecule has 3 heterocycles. The highest BCUT2D eigenvalue weighted by atomic mass is 32.1. The maximum atomic E-state index is 12.2. The minimum absolute atomic E-state index is 0.113. The molecule has 3 rings (SSSR count). The van der Waals surface area contributed by atoms with E-state index in [2.05, 4.69) is 39.1 Å². The number of thiazole rings is 1. The summed E-state index contributed by atoms with van der Waals surface area (Å²) in [4.78, 5) is 21.1. The van der Waals surface area contributed by atoms with E-state index in [4.69, 9.17) is 0 Å². The third-order valence-electron chi connectivity index (χ3n) is 3.70. The average Bonchev–Trinajstić information content (AvgIpc) is 3.11. The van der Waals surface area contributed by atoms with Gasteiger partial charge in [-0.25, -0.2) is 9.97 Å². The van der Waals surface area contributed by atoms with Crippen molar-refractivity contribution < 1.29 is 4.79 Å². The Morgan fingerprint density at radius 2 is 2.29 bits per heavy atom. The van der Waals surface area contributed by atoms with Crippen molar-refractivity contribution in [2.24, 2.45) is 0 Å². The van der Waals surface area contributed by atoms with Crippen LogP contribution in [0, 0.1) is 0 Å². The molecule has 5 nitrogen and oxygen atoms in total. The van der Waals surface area contributed by atoms with E-state index >= 15 is 0 Å². The fourth-order valence-corrected chi connectivity index (χ4v) is 3.34. The Morgan fingerprint density at radius 1 is 1.43 bits per heavy atom. The van der Waals surface area contributed by atoms with Gasteiger partial charge in [0.25, 0.3) is 5.91 Å². The smallest absolute Gasteiger partial charge is 0.271 e. The molecule has 2 aromatic rings. The van der Waals surface area contributed by atoms with Crippen molar-refractivity contribution in [2.75, 3.05) is 0 Å². The van der Waals surface area contributed by atoms with Gasteiger partial charge in [0.05, 0.1) is 12.2 Å². The molecule has 0 aromatic carbocycles. The molecular formula is C15H20N4OS. The van der Waals surface area contributed by atoms with Crippen molar-refractivity contribution in [2.45, 2.75) is 52.1 Å². The van der Waals surface area contributed by atoms with Crippen LogP contribution >= 0.6 is 11.3 Å². The van der Waals surface area contributed by atoms with Gasteiger partial charge < -0.3 is 9.88 Å². The van der Waals surface area contributed by atoms with Gasteiger partial charge in [-0.1, -0.05) is 13.8 Å². The number of hydrogen-bond donors (Lipinski definition) is 1. The summed E-state index contributed by atoms with van der Waals surface area (Å²) in [5.74, 6) is 1.34. The molecule has 0 radical (unpaired) electrons. The molecule has 0 bridgehead atoms. The van der Waals surface area contributed by atoms with Crippen LogP contribution in [-0.4, -0.2) is 20.4 Å². The van der Waals surface area contributed by atoms with Gasteiger partial charge >= 0.3 is 0 Å². The second-order valence-electron chi connectivity index (χ2n) is 5.70. The zero-order chi connectivity index (χ0) is 14.8. The predicted octanol–water partition coefficient (Wildman–Crippen LogP) is 2.73. The first-order valence-electron chi connectivity index (χ1n) is 7.42. The van der Waals surface area contributed by atoms with Crippen molar-refractivity contribution >= 4 is 17.2 Å². The standard InChI is InChI=1S/C15H20N4OS/c1-10(2)12-9-21-14(18-12)7-16-15(20)11-8-19-6-4-3-5-13(19)17-11/h8-10H,3-7H2,1-2H3,(H,16,20). The second-order valence-corrected chi connectivity index (χ2v) is 6.64. The summed E-state index contributed by atoms with van der Waals surface area (Å²) in [6.45, 7) is 5.68. The largest absolute Gasteiger partial charge is 0.344 e. The van der Waals surface area contributed by atoms with Crippen LogP contribution in [0.2, 0.25) is 0 Å². The summed E-state index contributed by atoms with van der Waals surface area (Å²) in [5.41, 5.74) is 1.61. The fourth-order valence-electron chi connectivity index (χ4n) is 2.44. The summed E-state index contributed by atoms with van der Waals surface area (Å²) in [7, 11) is 0. The van der Waals surface area contributed by atoms with Gasteiger partial charge in [0.15, 0.2) is 0 Å². The Hall–Kier alpha value is -1.69. The van der Waals surface area contributed by atoms with Crippen molar-refractivity contribution in [1.29, 1.82) is 0 Å². The first-order valence-corrected chi connectivity index (χ1v) is 8.30. The molecule has 1 aliphatic heterocycles. The zero-order valence-corrected chi connectivity index (χ0v) is 13.2. The third kappa shape index (κ3) is 3.15. The minimum Gasteiger partial charge on any atom is -0.344 e. The first kappa shape index (κ1) is 14.3. The second kappa shape index (κ2) is 5.97. The lowest BCUT2D eigenvalue weighted by atomic mass is 10.2. The number of amides is 1. The highest BCUT2D eigenvalue weighted by Gasteiger charge is 2.16.